The van der Waals surface area contributed by atoms with Crippen molar-refractivity contribution in [3.63, 3.8) is 0 Å². The van der Waals surface area contributed by atoms with Gasteiger partial charge < -0.3 is 14.6 Å². The van der Waals surface area contributed by atoms with Gasteiger partial charge in [0.05, 0.1) is 13.7 Å². The zero-order chi connectivity index (χ0) is 16.4. The van der Waals surface area contributed by atoms with Gasteiger partial charge in [-0.1, -0.05) is 0 Å². The van der Waals surface area contributed by atoms with Gasteiger partial charge in [0.2, 0.25) is 0 Å². The van der Waals surface area contributed by atoms with Crippen molar-refractivity contribution in [1.82, 2.24) is 0 Å². The molecule has 1 aromatic rings. The third kappa shape index (κ3) is 3.48. The predicted octanol–water partition coefficient (Wildman–Crippen LogP) is 0.973. The summed E-state index contributed by atoms with van der Waals surface area (Å²) in [6.07, 6.45) is -1.38. The summed E-state index contributed by atoms with van der Waals surface area (Å²) >= 11 is 0. The Morgan fingerprint density at radius 3 is 2.43 bits per heavy atom. The van der Waals surface area contributed by atoms with Crippen molar-refractivity contribution in [2.24, 2.45) is 0 Å². The number of rotatable bonds is 5. The van der Waals surface area contributed by atoms with Crippen LogP contribution in [0.5, 0.6) is 5.75 Å². The lowest BCUT2D eigenvalue weighted by atomic mass is 10.1. The molecule has 9 heteroatoms. The summed E-state index contributed by atoms with van der Waals surface area (Å²) in [6.45, 7) is 1.43. The quantitative estimate of drug-likeness (QED) is 0.812. The number of ether oxygens (including phenoxy) is 2. The first-order valence-corrected chi connectivity index (χ1v) is 7.64. The summed E-state index contributed by atoms with van der Waals surface area (Å²) in [5, 5.41) is 9.74. The third-order valence-corrected chi connectivity index (χ3v) is 3.66. The number of esters is 1. The summed E-state index contributed by atoms with van der Waals surface area (Å²) in [5.41, 5.74) is -0.557. The van der Waals surface area contributed by atoms with Crippen LogP contribution in [0.25, 0.3) is 0 Å². The Kier molecular flexibility index (Phi) is 5.24. The molecular formula is C12H14F2O6S. The number of carbonyl (C=O) groups excluding carboxylic acids is 1. The highest BCUT2D eigenvalue weighted by Crippen LogP contribution is 2.34. The van der Waals surface area contributed by atoms with Crippen LogP contribution in [0.15, 0.2) is 11.0 Å². The van der Waals surface area contributed by atoms with E-state index in [0.29, 0.717) is 12.3 Å². The van der Waals surface area contributed by atoms with Crippen molar-refractivity contribution in [1.29, 1.82) is 0 Å². The Balaban J connectivity index is 3.54. The van der Waals surface area contributed by atoms with E-state index in [1.54, 1.807) is 0 Å². The molecule has 0 aliphatic carbocycles. The molecular weight excluding hydrogens is 310 g/mol. The standard InChI is InChI=1S/C12H14F2O6S/c1-4-20-12(16)9(15)6-5-7(13)11(21(3,17)18)8(14)10(6)19-2/h5,9,15H,4H2,1-3H3. The minimum atomic E-state index is -4.20. The fraction of sp³-hybridized carbons (Fsp3) is 0.417. The molecule has 118 valence electrons. The Morgan fingerprint density at radius 2 is 2.00 bits per heavy atom. The van der Waals surface area contributed by atoms with Gasteiger partial charge >= 0.3 is 5.97 Å². The number of aliphatic hydroxyl groups excluding tert-OH is 1. The summed E-state index contributed by atoms with van der Waals surface area (Å²) < 4.78 is 59.8. The van der Waals surface area contributed by atoms with Gasteiger partial charge in [-0.2, -0.15) is 0 Å². The third-order valence-electron chi connectivity index (χ3n) is 2.54. The highest BCUT2D eigenvalue weighted by Gasteiger charge is 2.31. The fourth-order valence-corrected chi connectivity index (χ4v) is 2.53. The molecule has 0 saturated carbocycles. The molecule has 1 aromatic carbocycles. The predicted molar refractivity (Wildman–Crippen MR) is 67.6 cm³/mol. The summed E-state index contributed by atoms with van der Waals surface area (Å²) in [5.74, 6) is -4.83. The number of sulfone groups is 1. The average Bonchev–Trinajstić information content (AvgIpc) is 2.35. The van der Waals surface area contributed by atoms with E-state index in [9.17, 15) is 27.1 Å². The molecule has 1 rings (SSSR count). The molecule has 0 saturated heterocycles. The molecule has 1 unspecified atom stereocenters. The zero-order valence-corrected chi connectivity index (χ0v) is 12.3. The van der Waals surface area contributed by atoms with Gasteiger partial charge in [0.25, 0.3) is 0 Å². The van der Waals surface area contributed by atoms with Crippen molar-refractivity contribution in [2.75, 3.05) is 20.0 Å². The SMILES string of the molecule is CCOC(=O)C(O)c1cc(F)c(S(C)(=O)=O)c(F)c1OC. The highest BCUT2D eigenvalue weighted by atomic mass is 32.2. The molecule has 6 nitrogen and oxygen atoms in total. The number of halogens is 2. The fourth-order valence-electron chi connectivity index (χ4n) is 1.70. The molecule has 0 fully saturated rings. The van der Waals surface area contributed by atoms with Crippen LogP contribution in [0.1, 0.15) is 18.6 Å². The van der Waals surface area contributed by atoms with E-state index < -0.39 is 49.8 Å². The van der Waals surface area contributed by atoms with Crippen molar-refractivity contribution in [3.05, 3.63) is 23.3 Å². The first kappa shape index (κ1) is 17.3. The summed E-state index contributed by atoms with van der Waals surface area (Å²) in [7, 11) is -3.21. The number of methoxy groups -OCH3 is 1. The Bertz CT molecular complexity index is 656. The lowest BCUT2D eigenvalue weighted by Crippen LogP contribution is -2.18. The van der Waals surface area contributed by atoms with Crippen LogP contribution in [0.4, 0.5) is 8.78 Å². The number of aliphatic hydroxyl groups is 1. The maximum atomic E-state index is 14.1. The van der Waals surface area contributed by atoms with Crippen LogP contribution in [0, 0.1) is 11.6 Å². The first-order valence-electron chi connectivity index (χ1n) is 5.75. The van der Waals surface area contributed by atoms with Crippen LogP contribution in [-0.2, 0) is 19.4 Å². The van der Waals surface area contributed by atoms with E-state index in [4.69, 9.17) is 0 Å². The van der Waals surface area contributed by atoms with Gasteiger partial charge in [-0.05, 0) is 13.0 Å². The molecule has 1 N–H and O–H groups in total. The molecule has 0 aromatic heterocycles. The van der Waals surface area contributed by atoms with Crippen molar-refractivity contribution >= 4 is 15.8 Å². The van der Waals surface area contributed by atoms with Crippen LogP contribution < -0.4 is 4.74 Å². The van der Waals surface area contributed by atoms with E-state index in [1.165, 1.54) is 6.92 Å². The molecule has 0 amide bonds. The molecule has 0 bridgehead atoms. The molecule has 1 atom stereocenters. The second-order valence-corrected chi connectivity index (χ2v) is 6.00. The minimum absolute atomic E-state index is 0.0510. The van der Waals surface area contributed by atoms with Crippen LogP contribution >= 0.6 is 0 Å². The second kappa shape index (κ2) is 6.35. The van der Waals surface area contributed by atoms with E-state index >= 15 is 0 Å². The number of hydrogen-bond donors (Lipinski definition) is 1. The monoisotopic (exact) mass is 324 g/mol. The van der Waals surface area contributed by atoms with Crippen LogP contribution in [0.2, 0.25) is 0 Å². The van der Waals surface area contributed by atoms with Gasteiger partial charge in [-0.3, -0.25) is 0 Å². The van der Waals surface area contributed by atoms with Crippen LogP contribution in [-0.4, -0.2) is 39.5 Å². The van der Waals surface area contributed by atoms with E-state index in [1.807, 2.05) is 0 Å². The lowest BCUT2D eigenvalue weighted by molar-refractivity contribution is -0.153. The van der Waals surface area contributed by atoms with Gasteiger partial charge in [-0.25, -0.2) is 22.0 Å². The Hall–Kier alpha value is -1.74. The van der Waals surface area contributed by atoms with Gasteiger partial charge in [0.1, 0.15) is 10.7 Å². The number of hydrogen-bond acceptors (Lipinski definition) is 6. The minimum Gasteiger partial charge on any atom is -0.493 e. The molecule has 21 heavy (non-hydrogen) atoms. The number of carbonyl (C=O) groups is 1. The van der Waals surface area contributed by atoms with Gasteiger partial charge in [0, 0.05) is 11.8 Å². The summed E-state index contributed by atoms with van der Waals surface area (Å²) in [4.78, 5) is 10.2. The van der Waals surface area contributed by atoms with E-state index in [-0.39, 0.29) is 6.61 Å². The first-order chi connectivity index (χ1) is 9.65. The normalized spacial score (nSPS) is 12.9. The van der Waals surface area contributed by atoms with E-state index in [2.05, 4.69) is 9.47 Å². The second-order valence-electron chi connectivity index (χ2n) is 4.05. The van der Waals surface area contributed by atoms with Gasteiger partial charge in [-0.15, -0.1) is 0 Å². The molecule has 0 spiro atoms. The molecule has 0 heterocycles. The maximum absolute atomic E-state index is 14.1. The van der Waals surface area contributed by atoms with E-state index in [0.717, 1.165) is 7.11 Å². The maximum Gasteiger partial charge on any atom is 0.339 e. The largest absolute Gasteiger partial charge is 0.493 e. The zero-order valence-electron chi connectivity index (χ0n) is 11.5. The topological polar surface area (TPSA) is 89.9 Å². The van der Waals surface area contributed by atoms with Crippen LogP contribution in [0.3, 0.4) is 0 Å². The highest BCUT2D eigenvalue weighted by molar-refractivity contribution is 7.90. The van der Waals surface area contributed by atoms with Gasteiger partial charge in [0.15, 0.2) is 27.5 Å². The molecule has 0 aliphatic heterocycles. The Labute approximate surface area is 120 Å². The number of benzene rings is 1. The molecule has 0 radical (unpaired) electrons. The smallest absolute Gasteiger partial charge is 0.339 e. The summed E-state index contributed by atoms with van der Waals surface area (Å²) in [6, 6.07) is 0.528. The van der Waals surface area contributed by atoms with Crippen molar-refractivity contribution < 1.29 is 36.6 Å². The average molecular weight is 324 g/mol. The van der Waals surface area contributed by atoms with Crippen molar-refractivity contribution in [2.45, 2.75) is 17.9 Å². The molecule has 0 aliphatic rings. The lowest BCUT2D eigenvalue weighted by Gasteiger charge is -2.16. The van der Waals surface area contributed by atoms with Crippen molar-refractivity contribution in [3.8, 4) is 5.75 Å². The Morgan fingerprint density at radius 1 is 1.43 bits per heavy atom.